The first-order valence-corrected chi connectivity index (χ1v) is 6.69. The molecule has 0 aliphatic rings. The van der Waals surface area contributed by atoms with Gasteiger partial charge in [0.2, 0.25) is 0 Å². The third-order valence-corrected chi connectivity index (χ3v) is 2.85. The van der Waals surface area contributed by atoms with Crippen molar-refractivity contribution >= 4 is 6.21 Å². The number of hydrogen-bond acceptors (Lipinski definition) is 4. The SMILES string of the molecule is CCCCC/C=N\n1cnnc1-n1nc(C)cc1C. The Morgan fingerprint density at radius 3 is 2.84 bits per heavy atom. The molecule has 0 unspecified atom stereocenters. The van der Waals surface area contributed by atoms with Crippen molar-refractivity contribution in [2.45, 2.75) is 46.5 Å². The highest BCUT2D eigenvalue weighted by atomic mass is 15.5. The molecule has 0 radical (unpaired) electrons. The van der Waals surface area contributed by atoms with Gasteiger partial charge in [0.05, 0.1) is 5.69 Å². The van der Waals surface area contributed by atoms with Gasteiger partial charge in [0.1, 0.15) is 6.33 Å². The van der Waals surface area contributed by atoms with E-state index in [-0.39, 0.29) is 0 Å². The monoisotopic (exact) mass is 260 g/mol. The van der Waals surface area contributed by atoms with Crippen molar-refractivity contribution in [2.24, 2.45) is 5.10 Å². The standard InChI is InChI=1S/C13H20N6/c1-4-5-6-7-8-15-18-10-14-16-13(18)19-12(3)9-11(2)17-19/h8-10H,4-7H2,1-3H3/b15-8-. The van der Waals surface area contributed by atoms with Gasteiger partial charge in [0.25, 0.3) is 5.95 Å². The average Bonchev–Trinajstić information content (AvgIpc) is 2.95. The van der Waals surface area contributed by atoms with Crippen LogP contribution in [0.1, 0.15) is 44.0 Å². The van der Waals surface area contributed by atoms with Gasteiger partial charge in [-0.2, -0.15) is 14.9 Å². The molecule has 2 aromatic rings. The molecule has 0 saturated carbocycles. The fourth-order valence-electron chi connectivity index (χ4n) is 1.91. The number of aromatic nitrogens is 5. The highest BCUT2D eigenvalue weighted by molar-refractivity contribution is 5.57. The van der Waals surface area contributed by atoms with E-state index in [0.717, 1.165) is 24.2 Å². The summed E-state index contributed by atoms with van der Waals surface area (Å²) in [6, 6.07) is 2.00. The molecule has 0 amide bonds. The maximum atomic E-state index is 4.39. The van der Waals surface area contributed by atoms with Crippen LogP contribution in [0.5, 0.6) is 0 Å². The summed E-state index contributed by atoms with van der Waals surface area (Å²) in [6.07, 6.45) is 8.10. The van der Waals surface area contributed by atoms with E-state index in [2.05, 4.69) is 27.3 Å². The molecule has 0 fully saturated rings. The second kappa shape index (κ2) is 6.26. The van der Waals surface area contributed by atoms with E-state index < -0.39 is 0 Å². The Labute approximate surface area is 113 Å². The molecule has 6 nitrogen and oxygen atoms in total. The van der Waals surface area contributed by atoms with E-state index in [1.165, 1.54) is 12.8 Å². The van der Waals surface area contributed by atoms with Gasteiger partial charge in [0, 0.05) is 11.9 Å². The van der Waals surface area contributed by atoms with Gasteiger partial charge >= 0.3 is 0 Å². The van der Waals surface area contributed by atoms with Gasteiger partial charge in [0.15, 0.2) is 0 Å². The second-order valence-corrected chi connectivity index (χ2v) is 4.61. The minimum Gasteiger partial charge on any atom is -0.202 e. The lowest BCUT2D eigenvalue weighted by atomic mass is 10.2. The molecule has 0 aromatic carbocycles. The smallest absolute Gasteiger partial charge is 0.202 e. The molecule has 102 valence electrons. The molecule has 0 atom stereocenters. The number of rotatable bonds is 6. The quantitative estimate of drug-likeness (QED) is 0.592. The van der Waals surface area contributed by atoms with E-state index in [1.54, 1.807) is 15.7 Å². The number of hydrogen-bond donors (Lipinski definition) is 0. The number of unbranched alkanes of at least 4 members (excludes halogenated alkanes) is 3. The molecule has 0 bridgehead atoms. The molecule has 0 aliphatic carbocycles. The lowest BCUT2D eigenvalue weighted by Gasteiger charge is -2.02. The molecule has 0 spiro atoms. The van der Waals surface area contributed by atoms with Crippen LogP contribution in [-0.4, -0.2) is 30.9 Å². The summed E-state index contributed by atoms with van der Waals surface area (Å²) in [6.45, 7) is 6.14. The van der Waals surface area contributed by atoms with Crippen LogP contribution in [0.25, 0.3) is 5.95 Å². The maximum absolute atomic E-state index is 4.39. The summed E-state index contributed by atoms with van der Waals surface area (Å²) in [7, 11) is 0. The van der Waals surface area contributed by atoms with Crippen molar-refractivity contribution in [2.75, 3.05) is 0 Å². The van der Waals surface area contributed by atoms with Crippen LogP contribution in [0.3, 0.4) is 0 Å². The average molecular weight is 260 g/mol. The van der Waals surface area contributed by atoms with Crippen molar-refractivity contribution in [1.82, 2.24) is 24.7 Å². The Balaban J connectivity index is 2.12. The van der Waals surface area contributed by atoms with E-state index in [0.29, 0.717) is 5.95 Å². The molecule has 2 aromatic heterocycles. The lowest BCUT2D eigenvalue weighted by Crippen LogP contribution is -2.06. The minimum atomic E-state index is 0.623. The van der Waals surface area contributed by atoms with Gasteiger partial charge in [-0.3, -0.25) is 0 Å². The van der Waals surface area contributed by atoms with E-state index in [4.69, 9.17) is 0 Å². The van der Waals surface area contributed by atoms with Crippen molar-refractivity contribution in [3.63, 3.8) is 0 Å². The summed E-state index contributed by atoms with van der Waals surface area (Å²) in [5.41, 5.74) is 1.98. The fraction of sp³-hybridized carbons (Fsp3) is 0.538. The predicted octanol–water partition coefficient (Wildman–Crippen LogP) is 2.49. The van der Waals surface area contributed by atoms with Crippen molar-refractivity contribution in [1.29, 1.82) is 0 Å². The normalized spacial score (nSPS) is 11.5. The molecule has 19 heavy (non-hydrogen) atoms. The zero-order valence-electron chi connectivity index (χ0n) is 11.7. The first kappa shape index (κ1) is 13.5. The predicted molar refractivity (Wildman–Crippen MR) is 74.7 cm³/mol. The summed E-state index contributed by atoms with van der Waals surface area (Å²) < 4.78 is 3.41. The Hall–Kier alpha value is -1.98. The van der Waals surface area contributed by atoms with Crippen molar-refractivity contribution in [3.8, 4) is 5.95 Å². The first-order chi connectivity index (χ1) is 9.22. The Morgan fingerprint density at radius 1 is 1.32 bits per heavy atom. The van der Waals surface area contributed by atoms with Gasteiger partial charge in [-0.05, 0) is 32.8 Å². The Morgan fingerprint density at radius 2 is 2.16 bits per heavy atom. The zero-order chi connectivity index (χ0) is 13.7. The van der Waals surface area contributed by atoms with Crippen LogP contribution in [0, 0.1) is 13.8 Å². The number of aryl methyl sites for hydroxylation is 2. The zero-order valence-corrected chi connectivity index (χ0v) is 11.7. The molecular weight excluding hydrogens is 240 g/mol. The number of nitrogens with zero attached hydrogens (tertiary/aromatic N) is 6. The molecule has 0 aliphatic heterocycles. The van der Waals surface area contributed by atoms with Crippen LogP contribution >= 0.6 is 0 Å². The van der Waals surface area contributed by atoms with Crippen LogP contribution < -0.4 is 0 Å². The lowest BCUT2D eigenvalue weighted by molar-refractivity contribution is 0.710. The fourth-order valence-corrected chi connectivity index (χ4v) is 1.91. The van der Waals surface area contributed by atoms with Crippen molar-refractivity contribution in [3.05, 3.63) is 23.8 Å². The largest absolute Gasteiger partial charge is 0.273 e. The summed E-state index contributed by atoms with van der Waals surface area (Å²) >= 11 is 0. The van der Waals surface area contributed by atoms with E-state index in [9.17, 15) is 0 Å². The van der Waals surface area contributed by atoms with Gasteiger partial charge in [-0.25, -0.2) is 4.68 Å². The second-order valence-electron chi connectivity index (χ2n) is 4.61. The van der Waals surface area contributed by atoms with Crippen LogP contribution in [0.15, 0.2) is 17.5 Å². The summed E-state index contributed by atoms with van der Waals surface area (Å²) in [5.74, 6) is 0.623. The van der Waals surface area contributed by atoms with Crippen LogP contribution in [0.2, 0.25) is 0 Å². The molecule has 2 rings (SSSR count). The molecule has 2 heterocycles. The Kier molecular flexibility index (Phi) is 4.43. The van der Waals surface area contributed by atoms with Crippen molar-refractivity contribution < 1.29 is 0 Å². The first-order valence-electron chi connectivity index (χ1n) is 6.69. The van der Waals surface area contributed by atoms with Gasteiger partial charge in [-0.1, -0.05) is 19.8 Å². The topological polar surface area (TPSA) is 60.9 Å². The summed E-state index contributed by atoms with van der Waals surface area (Å²) in [5, 5.41) is 16.7. The van der Waals surface area contributed by atoms with Gasteiger partial charge < -0.3 is 0 Å². The van der Waals surface area contributed by atoms with Crippen LogP contribution in [-0.2, 0) is 0 Å². The third-order valence-electron chi connectivity index (χ3n) is 2.85. The minimum absolute atomic E-state index is 0.623. The highest BCUT2D eigenvalue weighted by Crippen LogP contribution is 2.09. The van der Waals surface area contributed by atoms with E-state index >= 15 is 0 Å². The molecule has 0 N–H and O–H groups in total. The maximum Gasteiger partial charge on any atom is 0.273 e. The molecule has 6 heteroatoms. The van der Waals surface area contributed by atoms with Gasteiger partial charge in [-0.15, -0.1) is 10.2 Å². The third kappa shape index (κ3) is 3.27. The molecule has 0 saturated heterocycles. The van der Waals surface area contributed by atoms with Crippen LogP contribution in [0.4, 0.5) is 0 Å². The summed E-state index contributed by atoms with van der Waals surface area (Å²) in [4.78, 5) is 0. The molecular formula is C13H20N6. The van der Waals surface area contributed by atoms with E-state index in [1.807, 2.05) is 26.1 Å². The Bertz CT molecular complexity index is 551. The highest BCUT2D eigenvalue weighted by Gasteiger charge is 2.09.